The van der Waals surface area contributed by atoms with Crippen LogP contribution in [0, 0.1) is 5.92 Å². The normalized spacial score (nSPS) is 11.7. The van der Waals surface area contributed by atoms with Gasteiger partial charge in [0.1, 0.15) is 5.75 Å². The molecule has 0 radical (unpaired) electrons. The van der Waals surface area contributed by atoms with Crippen molar-refractivity contribution in [3.8, 4) is 5.75 Å². The molecule has 0 atom stereocenters. The van der Waals surface area contributed by atoms with Crippen molar-refractivity contribution in [3.63, 3.8) is 0 Å². The van der Waals surface area contributed by atoms with E-state index in [-0.39, 0.29) is 29.8 Å². The average molecular weight is 447 g/mol. The van der Waals surface area contributed by atoms with Crippen molar-refractivity contribution in [3.05, 3.63) is 48.5 Å². The molecule has 160 valence electrons. The Bertz CT molecular complexity index is 1070. The van der Waals surface area contributed by atoms with Gasteiger partial charge in [-0.1, -0.05) is 37.3 Å². The molecule has 3 aromatic rings. The summed E-state index contributed by atoms with van der Waals surface area (Å²) in [5, 5.41) is 0.520. The lowest BCUT2D eigenvalue weighted by atomic mass is 10.2. The molecule has 0 saturated carbocycles. The van der Waals surface area contributed by atoms with Crippen molar-refractivity contribution in [1.29, 1.82) is 0 Å². The Balaban J connectivity index is 1.91. The Morgan fingerprint density at radius 2 is 1.83 bits per heavy atom. The molecule has 0 unspecified atom stereocenters. The summed E-state index contributed by atoms with van der Waals surface area (Å²) in [4.78, 5) is 19.3. The first-order chi connectivity index (χ1) is 14.3. The minimum atomic E-state index is -3.30. The summed E-state index contributed by atoms with van der Waals surface area (Å²) in [6.45, 7) is 6.16. The van der Waals surface area contributed by atoms with Crippen molar-refractivity contribution in [1.82, 2.24) is 4.98 Å². The highest BCUT2D eigenvalue weighted by Gasteiger charge is 2.24. The molecule has 1 amide bonds. The highest BCUT2D eigenvalue weighted by atomic mass is 32.2. The van der Waals surface area contributed by atoms with E-state index in [0.29, 0.717) is 23.2 Å². The predicted molar refractivity (Wildman–Crippen MR) is 122 cm³/mol. The first-order valence-corrected chi connectivity index (χ1v) is 12.5. The number of para-hydroxylation sites is 1. The Hall–Kier alpha value is -2.45. The van der Waals surface area contributed by atoms with Crippen LogP contribution in [-0.4, -0.2) is 37.4 Å². The molecular formula is C22H26N2O4S2. The summed E-state index contributed by atoms with van der Waals surface area (Å²) in [6.07, 6.45) is -0.0990. The van der Waals surface area contributed by atoms with Crippen LogP contribution in [-0.2, 0) is 14.6 Å². The molecule has 0 bridgehead atoms. The van der Waals surface area contributed by atoms with Crippen LogP contribution in [0.5, 0.6) is 5.75 Å². The van der Waals surface area contributed by atoms with E-state index < -0.39 is 9.84 Å². The molecule has 2 aromatic carbocycles. The SMILES string of the molecule is CCOc1ccc(N(C(=O)CCS(=O)(=O)CC(C)C)c2nc3ccccc3s2)cc1. The van der Waals surface area contributed by atoms with E-state index in [1.54, 1.807) is 24.3 Å². The van der Waals surface area contributed by atoms with E-state index in [1.165, 1.54) is 16.2 Å². The number of anilines is 2. The number of nitrogens with zero attached hydrogens (tertiary/aromatic N) is 2. The number of hydrogen-bond acceptors (Lipinski definition) is 6. The van der Waals surface area contributed by atoms with E-state index in [9.17, 15) is 13.2 Å². The molecule has 1 aromatic heterocycles. The van der Waals surface area contributed by atoms with Gasteiger partial charge < -0.3 is 4.74 Å². The predicted octanol–water partition coefficient (Wildman–Crippen LogP) is 4.82. The maximum atomic E-state index is 13.2. The number of benzene rings is 2. The van der Waals surface area contributed by atoms with Gasteiger partial charge in [-0.15, -0.1) is 0 Å². The monoisotopic (exact) mass is 446 g/mol. The lowest BCUT2D eigenvalue weighted by Crippen LogP contribution is -2.28. The third-order valence-electron chi connectivity index (χ3n) is 4.34. The molecule has 0 aliphatic heterocycles. The van der Waals surface area contributed by atoms with E-state index in [0.717, 1.165) is 10.2 Å². The van der Waals surface area contributed by atoms with Gasteiger partial charge >= 0.3 is 0 Å². The van der Waals surface area contributed by atoms with Gasteiger partial charge in [-0.3, -0.25) is 9.69 Å². The van der Waals surface area contributed by atoms with E-state index in [2.05, 4.69) is 4.98 Å². The van der Waals surface area contributed by atoms with E-state index in [4.69, 9.17) is 4.74 Å². The van der Waals surface area contributed by atoms with Crippen LogP contribution in [0.1, 0.15) is 27.2 Å². The van der Waals surface area contributed by atoms with Gasteiger partial charge in [0.2, 0.25) is 5.91 Å². The zero-order chi connectivity index (χ0) is 21.7. The highest BCUT2D eigenvalue weighted by molar-refractivity contribution is 7.91. The quantitative estimate of drug-likeness (QED) is 0.471. The third-order valence-corrected chi connectivity index (χ3v) is 7.37. The second-order valence-corrected chi connectivity index (χ2v) is 10.6. The number of sulfone groups is 1. The summed E-state index contributed by atoms with van der Waals surface area (Å²) < 4.78 is 31.0. The molecule has 0 spiro atoms. The van der Waals surface area contributed by atoms with Crippen LogP contribution in [0.2, 0.25) is 0 Å². The van der Waals surface area contributed by atoms with E-state index in [1.807, 2.05) is 45.0 Å². The summed E-state index contributed by atoms with van der Waals surface area (Å²) in [6, 6.07) is 14.8. The molecule has 0 N–H and O–H groups in total. The Kier molecular flexibility index (Phi) is 7.10. The van der Waals surface area contributed by atoms with Crippen LogP contribution in [0.3, 0.4) is 0 Å². The first-order valence-electron chi connectivity index (χ1n) is 9.91. The highest BCUT2D eigenvalue weighted by Crippen LogP contribution is 2.34. The number of thiazole rings is 1. The summed E-state index contributed by atoms with van der Waals surface area (Å²) in [5.41, 5.74) is 1.43. The fraction of sp³-hybridized carbons (Fsp3) is 0.364. The fourth-order valence-corrected chi connectivity index (χ4v) is 5.79. The number of rotatable bonds is 9. The van der Waals surface area contributed by atoms with Crippen molar-refractivity contribution in [2.24, 2.45) is 5.92 Å². The second kappa shape index (κ2) is 9.57. The van der Waals surface area contributed by atoms with Crippen LogP contribution in [0.25, 0.3) is 10.2 Å². The van der Waals surface area contributed by atoms with Crippen molar-refractivity contribution in [2.75, 3.05) is 23.0 Å². The molecule has 0 saturated heterocycles. The molecule has 3 rings (SSSR count). The van der Waals surface area contributed by atoms with Crippen LogP contribution in [0.4, 0.5) is 10.8 Å². The number of hydrogen-bond donors (Lipinski definition) is 0. The standard InChI is InChI=1S/C22H26N2O4S2/c1-4-28-18-11-9-17(10-12-18)24(21(25)13-14-30(26,27)15-16(2)3)22-23-19-7-5-6-8-20(19)29-22/h5-12,16H,4,13-15H2,1-3H3. The minimum Gasteiger partial charge on any atom is -0.494 e. The Labute approximate surface area is 181 Å². The molecule has 6 nitrogen and oxygen atoms in total. The zero-order valence-corrected chi connectivity index (χ0v) is 19.0. The average Bonchev–Trinajstić information content (AvgIpc) is 3.11. The third kappa shape index (κ3) is 5.58. The lowest BCUT2D eigenvalue weighted by Gasteiger charge is -2.20. The van der Waals surface area contributed by atoms with Crippen LogP contribution < -0.4 is 9.64 Å². The summed E-state index contributed by atoms with van der Waals surface area (Å²) >= 11 is 1.40. The smallest absolute Gasteiger partial charge is 0.234 e. The topological polar surface area (TPSA) is 76.6 Å². The van der Waals surface area contributed by atoms with Gasteiger partial charge in [0.05, 0.1) is 34.0 Å². The van der Waals surface area contributed by atoms with Gasteiger partial charge in [-0.05, 0) is 49.2 Å². The summed E-state index contributed by atoms with van der Waals surface area (Å²) in [5.74, 6) is 0.326. The number of carbonyl (C=O) groups excluding carboxylic acids is 1. The molecule has 1 heterocycles. The first kappa shape index (κ1) is 22.2. The number of amides is 1. The van der Waals surface area contributed by atoms with Crippen molar-refractivity contribution in [2.45, 2.75) is 27.2 Å². The van der Waals surface area contributed by atoms with E-state index >= 15 is 0 Å². The summed E-state index contributed by atoms with van der Waals surface area (Å²) in [7, 11) is -3.30. The van der Waals surface area contributed by atoms with Gasteiger partial charge in [0.25, 0.3) is 0 Å². The molecule has 30 heavy (non-hydrogen) atoms. The Morgan fingerprint density at radius 1 is 1.13 bits per heavy atom. The van der Waals surface area contributed by atoms with Crippen LogP contribution >= 0.6 is 11.3 Å². The van der Waals surface area contributed by atoms with Gasteiger partial charge in [0.15, 0.2) is 15.0 Å². The number of fused-ring (bicyclic) bond motifs is 1. The largest absolute Gasteiger partial charge is 0.494 e. The fourth-order valence-electron chi connectivity index (χ4n) is 3.12. The maximum Gasteiger partial charge on any atom is 0.234 e. The van der Waals surface area contributed by atoms with Crippen molar-refractivity contribution < 1.29 is 17.9 Å². The Morgan fingerprint density at radius 3 is 2.47 bits per heavy atom. The number of aromatic nitrogens is 1. The maximum absolute atomic E-state index is 13.2. The molecule has 8 heteroatoms. The minimum absolute atomic E-state index is 0.0246. The molecule has 0 fully saturated rings. The number of carbonyl (C=O) groups is 1. The molecular weight excluding hydrogens is 420 g/mol. The van der Waals surface area contributed by atoms with Crippen LogP contribution in [0.15, 0.2) is 48.5 Å². The van der Waals surface area contributed by atoms with Gasteiger partial charge in [0, 0.05) is 6.42 Å². The van der Waals surface area contributed by atoms with Crippen molar-refractivity contribution >= 4 is 48.1 Å². The molecule has 0 aliphatic carbocycles. The van der Waals surface area contributed by atoms with Gasteiger partial charge in [-0.25, -0.2) is 13.4 Å². The zero-order valence-electron chi connectivity index (χ0n) is 17.4. The molecule has 0 aliphatic rings. The lowest BCUT2D eigenvalue weighted by molar-refractivity contribution is -0.117. The second-order valence-electron chi connectivity index (χ2n) is 7.38. The van der Waals surface area contributed by atoms with Gasteiger partial charge in [-0.2, -0.15) is 0 Å². The number of ether oxygens (including phenoxy) is 1.